The quantitative estimate of drug-likeness (QED) is 0.685. The van der Waals surface area contributed by atoms with Gasteiger partial charge in [-0.15, -0.1) is 0 Å². The summed E-state index contributed by atoms with van der Waals surface area (Å²) in [7, 11) is 0. The lowest BCUT2D eigenvalue weighted by Crippen LogP contribution is -2.47. The van der Waals surface area contributed by atoms with Gasteiger partial charge in [-0.2, -0.15) is 0 Å². The highest BCUT2D eigenvalue weighted by molar-refractivity contribution is 5.93. The third-order valence-corrected chi connectivity index (χ3v) is 3.26. The molecule has 2 unspecified atom stereocenters. The predicted octanol–water partition coefficient (Wildman–Crippen LogP) is -0.355. The minimum Gasteiger partial charge on any atom is -0.385 e. The minimum atomic E-state index is -1.02. The lowest BCUT2D eigenvalue weighted by atomic mass is 9.96. The van der Waals surface area contributed by atoms with Crippen LogP contribution >= 0.6 is 0 Å². The van der Waals surface area contributed by atoms with Crippen molar-refractivity contribution in [2.45, 2.75) is 25.0 Å². The van der Waals surface area contributed by atoms with Crippen LogP contribution < -0.4 is 10.9 Å². The van der Waals surface area contributed by atoms with Crippen LogP contribution in [-0.4, -0.2) is 40.9 Å². The SMILES string of the molecule is CC1OCCC1(O)CNC(=O)c1ccc(=O)[nH]c1. The predicted molar refractivity (Wildman–Crippen MR) is 64.4 cm³/mol. The molecule has 3 N–H and O–H groups in total. The summed E-state index contributed by atoms with van der Waals surface area (Å²) < 4.78 is 5.27. The smallest absolute Gasteiger partial charge is 0.252 e. The fourth-order valence-corrected chi connectivity index (χ4v) is 1.89. The highest BCUT2D eigenvalue weighted by Crippen LogP contribution is 2.24. The second-order valence-corrected chi connectivity index (χ2v) is 4.49. The number of rotatable bonds is 3. The number of carbonyl (C=O) groups is 1. The molecule has 2 heterocycles. The Bertz CT molecular complexity index is 479. The van der Waals surface area contributed by atoms with Crippen molar-refractivity contribution in [3.05, 3.63) is 34.2 Å². The Hall–Kier alpha value is -1.66. The lowest BCUT2D eigenvalue weighted by Gasteiger charge is -2.26. The summed E-state index contributed by atoms with van der Waals surface area (Å²) in [4.78, 5) is 25.1. The number of hydrogen-bond donors (Lipinski definition) is 3. The molecular weight excluding hydrogens is 236 g/mol. The summed E-state index contributed by atoms with van der Waals surface area (Å²) in [6.45, 7) is 2.40. The van der Waals surface area contributed by atoms with E-state index in [0.717, 1.165) is 0 Å². The standard InChI is InChI=1S/C12H16N2O4/c1-8-12(17,4-5-18-8)7-14-11(16)9-2-3-10(15)13-6-9/h2-3,6,8,17H,4-5,7H2,1H3,(H,13,15)(H,14,16). The van der Waals surface area contributed by atoms with Gasteiger partial charge < -0.3 is 20.1 Å². The van der Waals surface area contributed by atoms with E-state index in [1.165, 1.54) is 18.3 Å². The van der Waals surface area contributed by atoms with E-state index in [1.807, 2.05) is 0 Å². The Balaban J connectivity index is 1.96. The van der Waals surface area contributed by atoms with Gasteiger partial charge in [-0.05, 0) is 13.0 Å². The molecule has 6 heteroatoms. The number of hydrogen-bond acceptors (Lipinski definition) is 4. The van der Waals surface area contributed by atoms with Crippen molar-refractivity contribution < 1.29 is 14.6 Å². The van der Waals surface area contributed by atoms with Crippen LogP contribution in [0.15, 0.2) is 23.1 Å². The number of aromatic amines is 1. The molecule has 0 aromatic carbocycles. The number of nitrogens with one attached hydrogen (secondary N) is 2. The summed E-state index contributed by atoms with van der Waals surface area (Å²) in [5.74, 6) is -0.334. The van der Waals surface area contributed by atoms with Gasteiger partial charge in [0.25, 0.3) is 5.91 Å². The molecular formula is C12H16N2O4. The summed E-state index contributed by atoms with van der Waals surface area (Å²) in [5.41, 5.74) is -0.926. The first-order chi connectivity index (χ1) is 8.51. The molecule has 0 spiro atoms. The van der Waals surface area contributed by atoms with Crippen molar-refractivity contribution in [1.29, 1.82) is 0 Å². The molecule has 6 nitrogen and oxygen atoms in total. The maximum atomic E-state index is 11.8. The molecule has 0 radical (unpaired) electrons. The van der Waals surface area contributed by atoms with Crippen molar-refractivity contribution in [1.82, 2.24) is 10.3 Å². The topological polar surface area (TPSA) is 91.4 Å². The van der Waals surface area contributed by atoms with Gasteiger partial charge in [0.05, 0.1) is 11.7 Å². The number of carbonyl (C=O) groups excluding carboxylic acids is 1. The third-order valence-electron chi connectivity index (χ3n) is 3.26. The van der Waals surface area contributed by atoms with E-state index < -0.39 is 5.60 Å². The molecule has 18 heavy (non-hydrogen) atoms. The zero-order chi connectivity index (χ0) is 13.2. The zero-order valence-electron chi connectivity index (χ0n) is 10.1. The fraction of sp³-hybridized carbons (Fsp3) is 0.500. The van der Waals surface area contributed by atoms with Gasteiger partial charge in [0, 0.05) is 31.8 Å². The fourth-order valence-electron chi connectivity index (χ4n) is 1.89. The second-order valence-electron chi connectivity index (χ2n) is 4.49. The van der Waals surface area contributed by atoms with E-state index in [1.54, 1.807) is 6.92 Å². The van der Waals surface area contributed by atoms with E-state index in [4.69, 9.17) is 4.74 Å². The molecule has 1 aliphatic heterocycles. The first-order valence-electron chi connectivity index (χ1n) is 5.82. The third kappa shape index (κ3) is 2.60. The average Bonchev–Trinajstić information content (AvgIpc) is 2.68. The van der Waals surface area contributed by atoms with Gasteiger partial charge in [0.1, 0.15) is 5.60 Å². The molecule has 0 bridgehead atoms. The van der Waals surface area contributed by atoms with Crippen LogP contribution in [0.1, 0.15) is 23.7 Å². The van der Waals surface area contributed by atoms with Crippen LogP contribution in [0.2, 0.25) is 0 Å². The van der Waals surface area contributed by atoms with Crippen LogP contribution in [0.3, 0.4) is 0 Å². The summed E-state index contributed by atoms with van der Waals surface area (Å²) >= 11 is 0. The average molecular weight is 252 g/mol. The molecule has 2 rings (SSSR count). The number of amides is 1. The summed E-state index contributed by atoms with van der Waals surface area (Å²) in [6, 6.07) is 2.72. The molecule has 1 saturated heterocycles. The summed E-state index contributed by atoms with van der Waals surface area (Å²) in [5, 5.41) is 12.8. The van der Waals surface area contributed by atoms with Gasteiger partial charge in [-0.1, -0.05) is 0 Å². The van der Waals surface area contributed by atoms with Crippen molar-refractivity contribution in [2.75, 3.05) is 13.2 Å². The molecule has 1 aromatic rings. The minimum absolute atomic E-state index is 0.131. The van der Waals surface area contributed by atoms with Gasteiger partial charge in [-0.25, -0.2) is 0 Å². The molecule has 0 aliphatic carbocycles. The maximum Gasteiger partial charge on any atom is 0.252 e. The Morgan fingerprint density at radius 2 is 2.44 bits per heavy atom. The van der Waals surface area contributed by atoms with E-state index in [9.17, 15) is 14.7 Å². The van der Waals surface area contributed by atoms with Crippen LogP contribution in [0.25, 0.3) is 0 Å². The van der Waals surface area contributed by atoms with E-state index >= 15 is 0 Å². The molecule has 98 valence electrons. The number of ether oxygens (including phenoxy) is 1. The molecule has 1 aromatic heterocycles. The Kier molecular flexibility index (Phi) is 3.49. The lowest BCUT2D eigenvalue weighted by molar-refractivity contribution is -0.0251. The van der Waals surface area contributed by atoms with E-state index in [2.05, 4.69) is 10.3 Å². The Labute approximate surface area is 104 Å². The second kappa shape index (κ2) is 4.91. The van der Waals surface area contributed by atoms with Gasteiger partial charge >= 0.3 is 0 Å². The van der Waals surface area contributed by atoms with Gasteiger partial charge in [-0.3, -0.25) is 9.59 Å². The van der Waals surface area contributed by atoms with Crippen molar-refractivity contribution in [3.63, 3.8) is 0 Å². The Morgan fingerprint density at radius 3 is 3.00 bits per heavy atom. The molecule has 2 atom stereocenters. The Morgan fingerprint density at radius 1 is 1.67 bits per heavy atom. The maximum absolute atomic E-state index is 11.8. The summed E-state index contributed by atoms with van der Waals surface area (Å²) in [6.07, 6.45) is 1.55. The molecule has 1 aliphatic rings. The van der Waals surface area contributed by atoms with Crippen LogP contribution in [0.5, 0.6) is 0 Å². The molecule has 1 fully saturated rings. The normalized spacial score (nSPS) is 27.1. The van der Waals surface area contributed by atoms with Gasteiger partial charge in [0.2, 0.25) is 5.56 Å². The largest absolute Gasteiger partial charge is 0.385 e. The molecule has 1 amide bonds. The monoisotopic (exact) mass is 252 g/mol. The zero-order valence-corrected chi connectivity index (χ0v) is 10.1. The number of pyridine rings is 1. The number of aliphatic hydroxyl groups is 1. The van der Waals surface area contributed by atoms with E-state index in [-0.39, 0.29) is 24.1 Å². The van der Waals surface area contributed by atoms with Crippen molar-refractivity contribution >= 4 is 5.91 Å². The first-order valence-corrected chi connectivity index (χ1v) is 5.82. The van der Waals surface area contributed by atoms with Crippen molar-refractivity contribution in [2.24, 2.45) is 0 Å². The highest BCUT2D eigenvalue weighted by Gasteiger charge is 2.39. The van der Waals surface area contributed by atoms with Crippen molar-refractivity contribution in [3.8, 4) is 0 Å². The van der Waals surface area contributed by atoms with Crippen LogP contribution in [-0.2, 0) is 4.74 Å². The van der Waals surface area contributed by atoms with Crippen LogP contribution in [0.4, 0.5) is 0 Å². The highest BCUT2D eigenvalue weighted by atomic mass is 16.5. The van der Waals surface area contributed by atoms with Gasteiger partial charge in [0.15, 0.2) is 0 Å². The number of H-pyrrole nitrogens is 1. The number of aromatic nitrogens is 1. The first kappa shape index (κ1) is 12.8. The molecule has 0 saturated carbocycles. The van der Waals surface area contributed by atoms with E-state index in [0.29, 0.717) is 18.6 Å². The van der Waals surface area contributed by atoms with Crippen LogP contribution in [0, 0.1) is 0 Å².